The first-order valence-electron chi connectivity index (χ1n) is 5.51. The van der Waals surface area contributed by atoms with Crippen LogP contribution in [0.1, 0.15) is 23.7 Å². The summed E-state index contributed by atoms with van der Waals surface area (Å²) in [5.41, 5.74) is 0.543. The smallest absolute Gasteiger partial charge is 0.163 e. The largest absolute Gasteiger partial charge is 0.507 e. The van der Waals surface area contributed by atoms with Gasteiger partial charge in [0.15, 0.2) is 5.78 Å². The van der Waals surface area contributed by atoms with Crippen molar-refractivity contribution in [1.82, 2.24) is 0 Å². The van der Waals surface area contributed by atoms with Crippen LogP contribution >= 0.6 is 0 Å². The normalized spacial score (nSPS) is 10.5. The second kappa shape index (κ2) is 4.45. The molecule has 1 N–H and O–H groups in total. The van der Waals surface area contributed by atoms with Gasteiger partial charge in [0.1, 0.15) is 11.5 Å². The summed E-state index contributed by atoms with van der Waals surface area (Å²) >= 11 is 0. The number of hydrogen-bond donors (Lipinski definition) is 1. The Hall–Kier alpha value is -2.03. The molecule has 0 radical (unpaired) electrons. The van der Waals surface area contributed by atoms with E-state index in [2.05, 4.69) is 0 Å². The molecule has 0 saturated heterocycles. The van der Waals surface area contributed by atoms with Crippen molar-refractivity contribution >= 4 is 16.6 Å². The van der Waals surface area contributed by atoms with E-state index < -0.39 is 0 Å². The second-order valence-electron chi connectivity index (χ2n) is 3.79. The van der Waals surface area contributed by atoms with E-state index in [-0.39, 0.29) is 11.5 Å². The summed E-state index contributed by atoms with van der Waals surface area (Å²) in [4.78, 5) is 11.8. The molecule has 0 atom stereocenters. The van der Waals surface area contributed by atoms with Crippen LogP contribution in [0.3, 0.4) is 0 Å². The highest BCUT2D eigenvalue weighted by molar-refractivity contribution is 6.11. The lowest BCUT2D eigenvalue weighted by Gasteiger charge is -2.10. The van der Waals surface area contributed by atoms with E-state index in [0.717, 1.165) is 5.39 Å². The zero-order chi connectivity index (χ0) is 12.4. The van der Waals surface area contributed by atoms with E-state index in [1.165, 1.54) is 0 Å². The Morgan fingerprint density at radius 3 is 2.71 bits per heavy atom. The third-order valence-corrected chi connectivity index (χ3v) is 2.82. The van der Waals surface area contributed by atoms with Crippen molar-refractivity contribution in [2.75, 3.05) is 7.11 Å². The predicted molar refractivity (Wildman–Crippen MR) is 66.8 cm³/mol. The lowest BCUT2D eigenvalue weighted by molar-refractivity contribution is 0.0989. The topological polar surface area (TPSA) is 46.5 Å². The van der Waals surface area contributed by atoms with Gasteiger partial charge >= 0.3 is 0 Å². The first kappa shape index (κ1) is 11.5. The number of rotatable bonds is 3. The number of Topliss-reactive ketones (excluding diaryl/α,β-unsaturated/α-hetero) is 1. The van der Waals surface area contributed by atoms with Crippen molar-refractivity contribution in [2.24, 2.45) is 0 Å². The van der Waals surface area contributed by atoms with Crippen LogP contribution in [0, 0.1) is 0 Å². The fourth-order valence-corrected chi connectivity index (χ4v) is 1.96. The van der Waals surface area contributed by atoms with Crippen LogP contribution in [0.15, 0.2) is 30.3 Å². The molecule has 17 heavy (non-hydrogen) atoms. The first-order valence-corrected chi connectivity index (χ1v) is 5.51. The third-order valence-electron chi connectivity index (χ3n) is 2.82. The average Bonchev–Trinajstić information content (AvgIpc) is 2.37. The minimum atomic E-state index is 0.0131. The van der Waals surface area contributed by atoms with Crippen LogP contribution in [0.25, 0.3) is 10.8 Å². The van der Waals surface area contributed by atoms with Gasteiger partial charge in [-0.15, -0.1) is 0 Å². The molecule has 0 aliphatic carbocycles. The Morgan fingerprint density at radius 1 is 1.29 bits per heavy atom. The van der Waals surface area contributed by atoms with Gasteiger partial charge in [0.2, 0.25) is 0 Å². The molecule has 2 aromatic rings. The molecule has 0 heterocycles. The third kappa shape index (κ3) is 1.84. The molecule has 0 fully saturated rings. The summed E-state index contributed by atoms with van der Waals surface area (Å²) in [6, 6.07) is 8.60. The minimum Gasteiger partial charge on any atom is -0.507 e. The summed E-state index contributed by atoms with van der Waals surface area (Å²) in [5, 5.41) is 11.2. The van der Waals surface area contributed by atoms with E-state index in [4.69, 9.17) is 4.74 Å². The SMILES string of the molecule is CCC(=O)c1ccc(OC)c2cccc(O)c12. The number of phenols is 1. The van der Waals surface area contributed by atoms with Gasteiger partial charge in [-0.2, -0.15) is 0 Å². The Labute approximate surface area is 99.6 Å². The number of ketones is 1. The van der Waals surface area contributed by atoms with Crippen molar-refractivity contribution < 1.29 is 14.6 Å². The fourth-order valence-electron chi connectivity index (χ4n) is 1.96. The number of aromatic hydroxyl groups is 1. The Balaban J connectivity index is 2.84. The number of fused-ring (bicyclic) bond motifs is 1. The second-order valence-corrected chi connectivity index (χ2v) is 3.79. The number of carbonyl (C=O) groups is 1. The lowest BCUT2D eigenvalue weighted by Crippen LogP contribution is -1.99. The average molecular weight is 230 g/mol. The molecule has 88 valence electrons. The standard InChI is InChI=1S/C14H14O3/c1-3-11(15)9-7-8-13(17-2)10-5-4-6-12(16)14(9)10/h4-8,16H,3H2,1-2H3. The maximum atomic E-state index is 11.8. The highest BCUT2D eigenvalue weighted by Crippen LogP contribution is 2.34. The van der Waals surface area contributed by atoms with Gasteiger partial charge in [0.25, 0.3) is 0 Å². The van der Waals surface area contributed by atoms with Gasteiger partial charge in [0.05, 0.1) is 7.11 Å². The van der Waals surface area contributed by atoms with Gasteiger partial charge in [-0.05, 0) is 18.2 Å². The molecule has 0 aromatic heterocycles. The van der Waals surface area contributed by atoms with Gasteiger partial charge in [-0.25, -0.2) is 0 Å². The summed E-state index contributed by atoms with van der Waals surface area (Å²) in [6.45, 7) is 1.80. The molecule has 2 rings (SSSR count). The molecule has 0 aliphatic heterocycles. The molecule has 3 heteroatoms. The highest BCUT2D eigenvalue weighted by Gasteiger charge is 2.14. The van der Waals surface area contributed by atoms with E-state index in [1.54, 1.807) is 38.3 Å². The maximum absolute atomic E-state index is 11.8. The zero-order valence-electron chi connectivity index (χ0n) is 9.86. The summed E-state index contributed by atoms with van der Waals surface area (Å²) in [5.74, 6) is 0.779. The van der Waals surface area contributed by atoms with Crippen LogP contribution in [0.2, 0.25) is 0 Å². The lowest BCUT2D eigenvalue weighted by atomic mass is 9.98. The minimum absolute atomic E-state index is 0.0131. The first-order chi connectivity index (χ1) is 8.19. The zero-order valence-corrected chi connectivity index (χ0v) is 9.86. The van der Waals surface area contributed by atoms with Crippen molar-refractivity contribution in [3.8, 4) is 11.5 Å². The Bertz CT molecular complexity index is 573. The summed E-state index contributed by atoms with van der Waals surface area (Å²) in [7, 11) is 1.57. The molecule has 3 nitrogen and oxygen atoms in total. The van der Waals surface area contributed by atoms with Crippen LogP contribution in [-0.4, -0.2) is 18.0 Å². The molecular weight excluding hydrogens is 216 g/mol. The number of hydrogen-bond acceptors (Lipinski definition) is 3. The Kier molecular flexibility index (Phi) is 3.00. The molecular formula is C14H14O3. The molecule has 0 spiro atoms. The predicted octanol–water partition coefficient (Wildman–Crippen LogP) is 3.15. The van der Waals surface area contributed by atoms with E-state index in [1.807, 2.05) is 6.07 Å². The number of carbonyl (C=O) groups excluding carboxylic acids is 1. The van der Waals surface area contributed by atoms with Crippen LogP contribution < -0.4 is 4.74 Å². The molecule has 2 aromatic carbocycles. The number of methoxy groups -OCH3 is 1. The van der Waals surface area contributed by atoms with Crippen molar-refractivity contribution in [3.63, 3.8) is 0 Å². The van der Waals surface area contributed by atoms with E-state index in [0.29, 0.717) is 23.1 Å². The number of benzene rings is 2. The quantitative estimate of drug-likeness (QED) is 0.824. The van der Waals surface area contributed by atoms with Gasteiger partial charge < -0.3 is 9.84 Å². The fraction of sp³-hybridized carbons (Fsp3) is 0.214. The molecule has 0 aliphatic rings. The van der Waals surface area contributed by atoms with Crippen molar-refractivity contribution in [2.45, 2.75) is 13.3 Å². The van der Waals surface area contributed by atoms with E-state index >= 15 is 0 Å². The van der Waals surface area contributed by atoms with Crippen LogP contribution in [-0.2, 0) is 0 Å². The molecule has 0 amide bonds. The monoisotopic (exact) mass is 230 g/mol. The maximum Gasteiger partial charge on any atom is 0.163 e. The van der Waals surface area contributed by atoms with Gasteiger partial charge in [-0.3, -0.25) is 4.79 Å². The molecule has 0 unspecified atom stereocenters. The highest BCUT2D eigenvalue weighted by atomic mass is 16.5. The number of ether oxygens (including phenoxy) is 1. The summed E-state index contributed by atoms with van der Waals surface area (Å²) in [6.07, 6.45) is 0.412. The molecule has 0 bridgehead atoms. The Morgan fingerprint density at radius 2 is 2.06 bits per heavy atom. The van der Waals surface area contributed by atoms with Gasteiger partial charge in [0, 0.05) is 22.8 Å². The number of phenolic OH excluding ortho intramolecular Hbond substituents is 1. The van der Waals surface area contributed by atoms with Crippen molar-refractivity contribution in [1.29, 1.82) is 0 Å². The van der Waals surface area contributed by atoms with E-state index in [9.17, 15) is 9.90 Å². The van der Waals surface area contributed by atoms with Gasteiger partial charge in [-0.1, -0.05) is 19.1 Å². The van der Waals surface area contributed by atoms with Crippen LogP contribution in [0.4, 0.5) is 0 Å². The van der Waals surface area contributed by atoms with Crippen molar-refractivity contribution in [3.05, 3.63) is 35.9 Å². The molecule has 0 saturated carbocycles. The summed E-state index contributed by atoms with van der Waals surface area (Å²) < 4.78 is 5.23. The van der Waals surface area contributed by atoms with Crippen LogP contribution in [0.5, 0.6) is 11.5 Å².